The molecule has 2 N–H and O–H groups in total. The van der Waals surface area contributed by atoms with Gasteiger partial charge in [-0.3, -0.25) is 9.79 Å². The average Bonchev–Trinajstić information content (AvgIpc) is 3.45. The van der Waals surface area contributed by atoms with Gasteiger partial charge in [-0.25, -0.2) is 0 Å². The molecule has 4 rings (SSSR count). The highest BCUT2D eigenvalue weighted by Gasteiger charge is 2.35. The van der Waals surface area contributed by atoms with Crippen LogP contribution in [0.3, 0.4) is 0 Å². The fourth-order valence-corrected chi connectivity index (χ4v) is 5.02. The third kappa shape index (κ3) is 5.09. The van der Waals surface area contributed by atoms with Crippen LogP contribution in [0.5, 0.6) is 0 Å². The Morgan fingerprint density at radius 2 is 1.68 bits per heavy atom. The van der Waals surface area contributed by atoms with Gasteiger partial charge in [0.05, 0.1) is 0 Å². The molecule has 1 aliphatic carbocycles. The van der Waals surface area contributed by atoms with E-state index in [1.807, 2.05) is 11.9 Å². The molecule has 0 bridgehead atoms. The van der Waals surface area contributed by atoms with Gasteiger partial charge in [0.2, 0.25) is 5.91 Å². The van der Waals surface area contributed by atoms with Crippen molar-refractivity contribution in [3.8, 4) is 0 Å². The summed E-state index contributed by atoms with van der Waals surface area (Å²) < 4.78 is 0. The van der Waals surface area contributed by atoms with Gasteiger partial charge in [-0.05, 0) is 36.0 Å². The van der Waals surface area contributed by atoms with Crippen LogP contribution in [0.25, 0.3) is 0 Å². The number of guanidine groups is 1. The van der Waals surface area contributed by atoms with Crippen molar-refractivity contribution in [2.24, 2.45) is 4.99 Å². The quantitative estimate of drug-likeness (QED) is 0.528. The fraction of sp³-hybridized carbons (Fsp3) is 0.462. The predicted octanol–water partition coefficient (Wildman–Crippen LogP) is 3.99. The van der Waals surface area contributed by atoms with Crippen LogP contribution in [0.2, 0.25) is 0 Å². The van der Waals surface area contributed by atoms with Crippen LogP contribution < -0.4 is 10.6 Å². The van der Waals surface area contributed by atoms with Gasteiger partial charge in [0.1, 0.15) is 0 Å². The predicted molar refractivity (Wildman–Crippen MR) is 126 cm³/mol. The average molecular weight is 419 g/mol. The first kappa shape index (κ1) is 21.4. The van der Waals surface area contributed by atoms with E-state index in [9.17, 15) is 4.79 Å². The maximum atomic E-state index is 12.0. The molecule has 5 nitrogen and oxygen atoms in total. The van der Waals surface area contributed by atoms with Crippen molar-refractivity contribution in [2.75, 3.05) is 20.1 Å². The molecule has 31 heavy (non-hydrogen) atoms. The highest BCUT2D eigenvalue weighted by Crippen LogP contribution is 2.40. The molecule has 1 aliphatic heterocycles. The molecule has 1 heterocycles. The summed E-state index contributed by atoms with van der Waals surface area (Å²) in [6.07, 6.45) is 6.65. The normalized spacial score (nSPS) is 18.4. The summed E-state index contributed by atoms with van der Waals surface area (Å²) >= 11 is 0. The number of carbonyl (C=O) groups is 1. The molecule has 2 aromatic rings. The van der Waals surface area contributed by atoms with Crippen LogP contribution in [0, 0.1) is 0 Å². The van der Waals surface area contributed by atoms with Crippen molar-refractivity contribution < 1.29 is 4.79 Å². The second-order valence-electron chi connectivity index (χ2n) is 8.82. The van der Waals surface area contributed by atoms with Crippen molar-refractivity contribution in [2.45, 2.75) is 57.0 Å². The van der Waals surface area contributed by atoms with Gasteiger partial charge in [0.25, 0.3) is 0 Å². The summed E-state index contributed by atoms with van der Waals surface area (Å²) in [5, 5.41) is 7.09. The number of benzene rings is 2. The van der Waals surface area contributed by atoms with E-state index < -0.39 is 0 Å². The van der Waals surface area contributed by atoms with Gasteiger partial charge in [-0.2, -0.15) is 0 Å². The highest BCUT2D eigenvalue weighted by molar-refractivity contribution is 5.80. The van der Waals surface area contributed by atoms with Crippen molar-refractivity contribution >= 4 is 11.9 Å². The lowest BCUT2D eigenvalue weighted by atomic mass is 9.79. The zero-order valence-corrected chi connectivity index (χ0v) is 18.6. The van der Waals surface area contributed by atoms with E-state index in [-0.39, 0.29) is 11.3 Å². The Balaban J connectivity index is 1.38. The first-order valence-corrected chi connectivity index (χ1v) is 11.5. The zero-order valence-electron chi connectivity index (χ0n) is 18.6. The van der Waals surface area contributed by atoms with Crippen LogP contribution in [0.4, 0.5) is 0 Å². The standard InChI is InChI=1S/C26H34N4O/c1-27-25(29-20-26(15-7-8-16-26)23-12-3-2-4-13-23)28-18-21-10-5-6-11-22(21)19-30-17-9-14-24(30)31/h2-6,10-13H,7-9,14-20H2,1H3,(H2,27,28,29). The minimum Gasteiger partial charge on any atom is -0.356 e. The first-order chi connectivity index (χ1) is 15.2. The minimum absolute atomic E-state index is 0.187. The number of aliphatic imine (C=N–C) groups is 1. The molecule has 2 aromatic carbocycles. The Bertz CT molecular complexity index is 903. The second-order valence-corrected chi connectivity index (χ2v) is 8.82. The fourth-order valence-electron chi connectivity index (χ4n) is 5.02. The van der Waals surface area contributed by atoms with Crippen LogP contribution in [0.15, 0.2) is 59.6 Å². The highest BCUT2D eigenvalue weighted by atomic mass is 16.2. The summed E-state index contributed by atoms with van der Waals surface area (Å²) in [5.41, 5.74) is 4.03. The summed E-state index contributed by atoms with van der Waals surface area (Å²) in [4.78, 5) is 18.5. The summed E-state index contributed by atoms with van der Waals surface area (Å²) in [5.74, 6) is 1.09. The number of carbonyl (C=O) groups excluding carboxylic acids is 1. The Kier molecular flexibility index (Phi) is 6.90. The molecule has 0 atom stereocenters. The van der Waals surface area contributed by atoms with Gasteiger partial charge in [-0.1, -0.05) is 67.4 Å². The van der Waals surface area contributed by atoms with Gasteiger partial charge in [-0.15, -0.1) is 0 Å². The number of nitrogens with zero attached hydrogens (tertiary/aromatic N) is 2. The monoisotopic (exact) mass is 418 g/mol. The maximum Gasteiger partial charge on any atom is 0.222 e. The molecule has 5 heteroatoms. The molecule has 0 aromatic heterocycles. The lowest BCUT2D eigenvalue weighted by molar-refractivity contribution is -0.128. The molecule has 2 fully saturated rings. The number of rotatable bonds is 7. The summed E-state index contributed by atoms with van der Waals surface area (Å²) in [7, 11) is 1.83. The SMILES string of the molecule is CN=C(NCc1ccccc1CN1CCCC1=O)NCC1(c2ccccc2)CCCC1. The molecule has 0 unspecified atom stereocenters. The summed E-state index contributed by atoms with van der Waals surface area (Å²) in [6, 6.07) is 19.3. The van der Waals surface area contributed by atoms with E-state index in [4.69, 9.17) is 0 Å². The molecule has 164 valence electrons. The van der Waals surface area contributed by atoms with Crippen molar-refractivity contribution in [1.29, 1.82) is 0 Å². The molecule has 0 radical (unpaired) electrons. The van der Waals surface area contributed by atoms with Crippen molar-refractivity contribution in [3.63, 3.8) is 0 Å². The Labute approximate surface area is 186 Å². The molecule has 1 saturated heterocycles. The lowest BCUT2D eigenvalue weighted by Crippen LogP contribution is -2.44. The number of hydrogen-bond donors (Lipinski definition) is 2. The molecule has 2 aliphatic rings. The number of hydrogen-bond acceptors (Lipinski definition) is 2. The minimum atomic E-state index is 0.187. The molecule has 1 saturated carbocycles. The van der Waals surface area contributed by atoms with Crippen LogP contribution in [-0.2, 0) is 23.3 Å². The molecular weight excluding hydrogens is 384 g/mol. The molecule has 0 spiro atoms. The smallest absolute Gasteiger partial charge is 0.222 e. The zero-order chi connectivity index (χ0) is 21.5. The van der Waals surface area contributed by atoms with E-state index in [2.05, 4.69) is 70.2 Å². The van der Waals surface area contributed by atoms with E-state index in [1.165, 1.54) is 42.4 Å². The third-order valence-electron chi connectivity index (χ3n) is 6.86. The Hall–Kier alpha value is -2.82. The second kappa shape index (κ2) is 9.99. The topological polar surface area (TPSA) is 56.7 Å². The van der Waals surface area contributed by atoms with Gasteiger partial charge >= 0.3 is 0 Å². The molecular formula is C26H34N4O. The van der Waals surface area contributed by atoms with Crippen LogP contribution in [0.1, 0.15) is 55.2 Å². The van der Waals surface area contributed by atoms with Crippen LogP contribution >= 0.6 is 0 Å². The Morgan fingerprint density at radius 1 is 0.968 bits per heavy atom. The van der Waals surface area contributed by atoms with Gasteiger partial charge < -0.3 is 15.5 Å². The van der Waals surface area contributed by atoms with Gasteiger partial charge in [0.15, 0.2) is 5.96 Å². The van der Waals surface area contributed by atoms with E-state index in [1.54, 1.807) is 0 Å². The summed E-state index contributed by atoms with van der Waals surface area (Å²) in [6.45, 7) is 3.14. The van der Waals surface area contributed by atoms with E-state index in [0.717, 1.165) is 25.5 Å². The van der Waals surface area contributed by atoms with Crippen molar-refractivity contribution in [1.82, 2.24) is 15.5 Å². The third-order valence-corrected chi connectivity index (χ3v) is 6.86. The number of likely N-dealkylation sites (tertiary alicyclic amines) is 1. The van der Waals surface area contributed by atoms with Crippen molar-refractivity contribution in [3.05, 3.63) is 71.3 Å². The number of amides is 1. The lowest BCUT2D eigenvalue weighted by Gasteiger charge is -2.31. The van der Waals surface area contributed by atoms with Gasteiger partial charge in [0, 0.05) is 45.1 Å². The number of nitrogens with one attached hydrogen (secondary N) is 2. The Morgan fingerprint density at radius 3 is 2.35 bits per heavy atom. The molecule has 1 amide bonds. The van der Waals surface area contributed by atoms with E-state index >= 15 is 0 Å². The van der Waals surface area contributed by atoms with E-state index in [0.29, 0.717) is 19.5 Å². The first-order valence-electron chi connectivity index (χ1n) is 11.5. The van der Waals surface area contributed by atoms with Crippen LogP contribution in [-0.4, -0.2) is 36.9 Å². The maximum absolute atomic E-state index is 12.0. The largest absolute Gasteiger partial charge is 0.356 e.